The van der Waals surface area contributed by atoms with Gasteiger partial charge in [-0.1, -0.05) is 6.92 Å². The van der Waals surface area contributed by atoms with Crippen LogP contribution in [-0.4, -0.2) is 22.7 Å². The van der Waals surface area contributed by atoms with Crippen LogP contribution in [0.15, 0.2) is 42.7 Å². The van der Waals surface area contributed by atoms with Gasteiger partial charge in [0.15, 0.2) is 5.78 Å². The number of anilines is 2. The highest BCUT2D eigenvalue weighted by atomic mass is 16.1. The molecule has 5 nitrogen and oxygen atoms in total. The molecule has 0 saturated carbocycles. The van der Waals surface area contributed by atoms with Crippen LogP contribution in [0.5, 0.6) is 0 Å². The van der Waals surface area contributed by atoms with Gasteiger partial charge in [-0.05, 0) is 50.6 Å². The first kappa shape index (κ1) is 16.7. The molecule has 0 saturated heterocycles. The lowest BCUT2D eigenvalue weighted by molar-refractivity contribution is 0.0938. The molecule has 0 aliphatic carbocycles. The van der Waals surface area contributed by atoms with Crippen LogP contribution in [0.3, 0.4) is 0 Å². The topological polar surface area (TPSA) is 71.1 Å². The SMILES string of the molecule is CCC(C)NC(=O)c1cncc(Nc2ccc(C(C)=O)cc2)c1. The van der Waals surface area contributed by atoms with Crippen LogP contribution >= 0.6 is 0 Å². The lowest BCUT2D eigenvalue weighted by Gasteiger charge is -2.12. The highest BCUT2D eigenvalue weighted by Gasteiger charge is 2.09. The number of pyridine rings is 1. The fraction of sp³-hybridized carbons (Fsp3) is 0.278. The number of aromatic nitrogens is 1. The molecule has 0 fully saturated rings. The summed E-state index contributed by atoms with van der Waals surface area (Å²) in [5.74, 6) is -0.107. The predicted octanol–water partition coefficient (Wildman–Crippen LogP) is 3.56. The second-order valence-corrected chi connectivity index (χ2v) is 5.50. The van der Waals surface area contributed by atoms with E-state index >= 15 is 0 Å². The second-order valence-electron chi connectivity index (χ2n) is 5.50. The third-order valence-electron chi connectivity index (χ3n) is 3.57. The van der Waals surface area contributed by atoms with Gasteiger partial charge < -0.3 is 10.6 Å². The van der Waals surface area contributed by atoms with Gasteiger partial charge in [-0.3, -0.25) is 14.6 Å². The predicted molar refractivity (Wildman–Crippen MR) is 91.2 cm³/mol. The molecule has 1 heterocycles. The molecule has 0 spiro atoms. The number of hydrogen-bond donors (Lipinski definition) is 2. The molecular formula is C18H21N3O2. The van der Waals surface area contributed by atoms with Gasteiger partial charge >= 0.3 is 0 Å². The van der Waals surface area contributed by atoms with Crippen molar-refractivity contribution in [1.82, 2.24) is 10.3 Å². The van der Waals surface area contributed by atoms with Crippen LogP contribution in [0, 0.1) is 0 Å². The Balaban J connectivity index is 2.10. The number of benzene rings is 1. The lowest BCUT2D eigenvalue weighted by Crippen LogP contribution is -2.31. The molecule has 1 aromatic carbocycles. The van der Waals surface area contributed by atoms with Crippen LogP contribution < -0.4 is 10.6 Å². The van der Waals surface area contributed by atoms with Crippen molar-refractivity contribution in [3.05, 3.63) is 53.9 Å². The molecule has 2 aromatic rings. The smallest absolute Gasteiger partial charge is 0.253 e. The molecule has 2 N–H and O–H groups in total. The van der Waals surface area contributed by atoms with E-state index in [1.54, 1.807) is 30.6 Å². The molecular weight excluding hydrogens is 290 g/mol. The van der Waals surface area contributed by atoms with E-state index in [0.29, 0.717) is 11.1 Å². The number of nitrogens with zero attached hydrogens (tertiary/aromatic N) is 1. The molecule has 0 aliphatic heterocycles. The van der Waals surface area contributed by atoms with Gasteiger partial charge in [0, 0.05) is 23.5 Å². The minimum absolute atomic E-state index is 0.0296. The fourth-order valence-corrected chi connectivity index (χ4v) is 2.00. The van der Waals surface area contributed by atoms with Crippen molar-refractivity contribution in [3.63, 3.8) is 0 Å². The third kappa shape index (κ3) is 4.64. The second kappa shape index (κ2) is 7.54. The number of Topliss-reactive ketones (excluding diaryl/α,β-unsaturated/α-hetero) is 1. The standard InChI is InChI=1S/C18H21N3O2/c1-4-12(2)20-18(23)15-9-17(11-19-10-15)21-16-7-5-14(6-8-16)13(3)22/h5-12,21H,4H2,1-3H3,(H,20,23). The van der Waals surface area contributed by atoms with E-state index in [0.717, 1.165) is 17.8 Å². The first-order valence-corrected chi connectivity index (χ1v) is 7.63. The molecule has 23 heavy (non-hydrogen) atoms. The van der Waals surface area contributed by atoms with E-state index in [1.807, 2.05) is 26.0 Å². The highest BCUT2D eigenvalue weighted by molar-refractivity contribution is 5.95. The summed E-state index contributed by atoms with van der Waals surface area (Å²) in [5, 5.41) is 6.09. The Morgan fingerprint density at radius 3 is 2.39 bits per heavy atom. The van der Waals surface area contributed by atoms with Crippen molar-refractivity contribution < 1.29 is 9.59 Å². The van der Waals surface area contributed by atoms with Gasteiger partial charge in [0.05, 0.1) is 17.4 Å². The van der Waals surface area contributed by atoms with Gasteiger partial charge in [0.25, 0.3) is 5.91 Å². The largest absolute Gasteiger partial charge is 0.354 e. The van der Waals surface area contributed by atoms with E-state index in [4.69, 9.17) is 0 Å². The number of carbonyl (C=O) groups is 2. The third-order valence-corrected chi connectivity index (χ3v) is 3.57. The molecule has 0 radical (unpaired) electrons. The van der Waals surface area contributed by atoms with E-state index in [-0.39, 0.29) is 17.7 Å². The van der Waals surface area contributed by atoms with Gasteiger partial charge in [-0.25, -0.2) is 0 Å². The Hall–Kier alpha value is -2.69. The summed E-state index contributed by atoms with van der Waals surface area (Å²) < 4.78 is 0. The van der Waals surface area contributed by atoms with Crippen molar-refractivity contribution in [3.8, 4) is 0 Å². The Morgan fingerprint density at radius 1 is 1.09 bits per heavy atom. The zero-order valence-electron chi connectivity index (χ0n) is 13.6. The molecule has 1 aromatic heterocycles. The Morgan fingerprint density at radius 2 is 1.78 bits per heavy atom. The molecule has 1 atom stereocenters. The van der Waals surface area contributed by atoms with Crippen LogP contribution in [0.1, 0.15) is 47.9 Å². The zero-order chi connectivity index (χ0) is 16.8. The first-order chi connectivity index (χ1) is 11.0. The normalized spacial score (nSPS) is 11.6. The van der Waals surface area contributed by atoms with Crippen molar-refractivity contribution in [1.29, 1.82) is 0 Å². The molecule has 2 rings (SSSR count). The van der Waals surface area contributed by atoms with Crippen molar-refractivity contribution >= 4 is 23.1 Å². The Labute approximate surface area is 136 Å². The monoisotopic (exact) mass is 311 g/mol. The molecule has 120 valence electrons. The number of nitrogens with one attached hydrogen (secondary N) is 2. The van der Waals surface area contributed by atoms with Crippen LogP contribution in [0.25, 0.3) is 0 Å². The Kier molecular flexibility index (Phi) is 5.46. The summed E-state index contributed by atoms with van der Waals surface area (Å²) in [7, 11) is 0. The minimum atomic E-state index is -0.137. The maximum atomic E-state index is 12.1. The average Bonchev–Trinajstić information content (AvgIpc) is 2.55. The average molecular weight is 311 g/mol. The van der Waals surface area contributed by atoms with Gasteiger partial charge in [0.2, 0.25) is 0 Å². The summed E-state index contributed by atoms with van der Waals surface area (Å²) in [4.78, 5) is 27.5. The zero-order valence-corrected chi connectivity index (χ0v) is 13.6. The highest BCUT2D eigenvalue weighted by Crippen LogP contribution is 2.17. The van der Waals surface area contributed by atoms with Crippen LogP contribution in [0.4, 0.5) is 11.4 Å². The summed E-state index contributed by atoms with van der Waals surface area (Å²) in [6.45, 7) is 5.52. The van der Waals surface area contributed by atoms with E-state index in [1.165, 1.54) is 6.92 Å². The number of amides is 1. The quantitative estimate of drug-likeness (QED) is 0.800. The van der Waals surface area contributed by atoms with Crippen LogP contribution in [0.2, 0.25) is 0 Å². The maximum Gasteiger partial charge on any atom is 0.253 e. The maximum absolute atomic E-state index is 12.1. The van der Waals surface area contributed by atoms with Gasteiger partial charge in [-0.15, -0.1) is 0 Å². The summed E-state index contributed by atoms with van der Waals surface area (Å²) in [6.07, 6.45) is 4.07. The molecule has 1 unspecified atom stereocenters. The molecule has 1 amide bonds. The van der Waals surface area contributed by atoms with Crippen molar-refractivity contribution in [2.45, 2.75) is 33.2 Å². The number of carbonyl (C=O) groups excluding carboxylic acids is 2. The van der Waals surface area contributed by atoms with E-state index in [2.05, 4.69) is 15.6 Å². The number of ketones is 1. The van der Waals surface area contributed by atoms with Crippen LogP contribution in [-0.2, 0) is 0 Å². The number of hydrogen-bond acceptors (Lipinski definition) is 4. The summed E-state index contributed by atoms with van der Waals surface area (Å²) in [5.41, 5.74) is 2.72. The first-order valence-electron chi connectivity index (χ1n) is 7.63. The number of rotatable bonds is 6. The fourth-order valence-electron chi connectivity index (χ4n) is 2.00. The van der Waals surface area contributed by atoms with E-state index in [9.17, 15) is 9.59 Å². The summed E-state index contributed by atoms with van der Waals surface area (Å²) in [6, 6.07) is 9.04. The molecule has 5 heteroatoms. The lowest BCUT2D eigenvalue weighted by atomic mass is 10.1. The van der Waals surface area contributed by atoms with E-state index < -0.39 is 0 Å². The summed E-state index contributed by atoms with van der Waals surface area (Å²) >= 11 is 0. The molecule has 0 aliphatic rings. The van der Waals surface area contributed by atoms with Crippen molar-refractivity contribution in [2.24, 2.45) is 0 Å². The van der Waals surface area contributed by atoms with Crippen molar-refractivity contribution in [2.75, 3.05) is 5.32 Å². The Bertz CT molecular complexity index is 696. The van der Waals surface area contributed by atoms with Gasteiger partial charge in [-0.2, -0.15) is 0 Å². The minimum Gasteiger partial charge on any atom is -0.354 e. The van der Waals surface area contributed by atoms with Gasteiger partial charge in [0.1, 0.15) is 0 Å². The molecule has 0 bridgehead atoms.